The number of carbonyl (C=O) groups excluding carboxylic acids is 2. The lowest BCUT2D eigenvalue weighted by Crippen LogP contribution is -2.37. The topological polar surface area (TPSA) is 58.2 Å². The first-order valence-corrected chi connectivity index (χ1v) is 6.48. The van der Waals surface area contributed by atoms with Gasteiger partial charge in [0.05, 0.1) is 0 Å². The van der Waals surface area contributed by atoms with Crippen LogP contribution in [-0.2, 0) is 4.79 Å². The molecule has 1 aromatic rings. The average molecular weight is 279 g/mol. The molecule has 1 aliphatic rings. The number of nitrogens with one attached hydrogen (secondary N) is 2. The molecule has 0 atom stereocenters. The van der Waals surface area contributed by atoms with Crippen molar-refractivity contribution in [3.05, 3.63) is 46.6 Å². The molecule has 100 valence electrons. The van der Waals surface area contributed by atoms with Crippen LogP contribution in [0, 0.1) is 5.92 Å². The Morgan fingerprint density at radius 3 is 2.42 bits per heavy atom. The number of hydrogen-bond acceptors (Lipinski definition) is 3. The highest BCUT2D eigenvalue weighted by Crippen LogP contribution is 2.28. The van der Waals surface area contributed by atoms with E-state index in [1.165, 1.54) is 6.08 Å². The zero-order chi connectivity index (χ0) is 13.8. The van der Waals surface area contributed by atoms with Crippen LogP contribution in [0.1, 0.15) is 30.1 Å². The molecule has 1 aromatic carbocycles. The predicted molar refractivity (Wildman–Crippen MR) is 73.5 cm³/mol. The molecule has 1 fully saturated rings. The Balaban J connectivity index is 1.89. The molecule has 5 heteroatoms. The van der Waals surface area contributed by atoms with Crippen molar-refractivity contribution in [2.24, 2.45) is 5.92 Å². The summed E-state index contributed by atoms with van der Waals surface area (Å²) in [6.45, 7) is 1.72. The van der Waals surface area contributed by atoms with Crippen LogP contribution in [0.15, 0.2) is 36.0 Å². The fraction of sp³-hybridized carbons (Fsp3) is 0.286. The van der Waals surface area contributed by atoms with Crippen LogP contribution in [0.2, 0.25) is 5.02 Å². The molecule has 0 saturated heterocycles. The van der Waals surface area contributed by atoms with E-state index in [0.29, 0.717) is 16.3 Å². The first-order valence-electron chi connectivity index (χ1n) is 6.10. The molecule has 0 heterocycles. The summed E-state index contributed by atoms with van der Waals surface area (Å²) in [5.41, 5.74) is 6.46. The van der Waals surface area contributed by atoms with Crippen LogP contribution in [0.5, 0.6) is 0 Å². The van der Waals surface area contributed by atoms with Gasteiger partial charge < -0.3 is 5.43 Å². The van der Waals surface area contributed by atoms with Gasteiger partial charge in [-0.3, -0.25) is 15.0 Å². The number of halogens is 1. The van der Waals surface area contributed by atoms with Crippen molar-refractivity contribution in [2.45, 2.75) is 19.8 Å². The van der Waals surface area contributed by atoms with Gasteiger partial charge in [-0.1, -0.05) is 11.6 Å². The van der Waals surface area contributed by atoms with Gasteiger partial charge in [0.15, 0.2) is 5.78 Å². The normalized spacial score (nSPS) is 14.9. The lowest BCUT2D eigenvalue weighted by atomic mass is 10.1. The Hall–Kier alpha value is -1.81. The standard InChI is InChI=1S/C14H15ClN2O2/c1-9(16-17-14(19)11-2-3-11)8-13(18)10-4-6-12(15)7-5-10/h4-8,11,16H,2-3H2,1H3,(H,17,19)/b9-8-. The molecule has 1 amide bonds. The molecule has 0 spiro atoms. The Kier molecular flexibility index (Phi) is 4.22. The molecular weight excluding hydrogens is 264 g/mol. The Morgan fingerprint density at radius 1 is 1.21 bits per heavy atom. The summed E-state index contributed by atoms with van der Waals surface area (Å²) < 4.78 is 0. The molecule has 0 bridgehead atoms. The third-order valence-electron chi connectivity index (χ3n) is 2.81. The highest BCUT2D eigenvalue weighted by atomic mass is 35.5. The van der Waals surface area contributed by atoms with E-state index in [9.17, 15) is 9.59 Å². The maximum atomic E-state index is 11.9. The molecule has 0 unspecified atom stereocenters. The molecule has 2 N–H and O–H groups in total. The summed E-state index contributed by atoms with van der Waals surface area (Å²) in [6, 6.07) is 6.66. The average Bonchev–Trinajstić information content (AvgIpc) is 3.21. The van der Waals surface area contributed by atoms with Crippen molar-refractivity contribution < 1.29 is 9.59 Å². The van der Waals surface area contributed by atoms with Crippen molar-refractivity contribution in [1.82, 2.24) is 10.9 Å². The molecule has 0 aliphatic heterocycles. The Labute approximate surface area is 116 Å². The quantitative estimate of drug-likeness (QED) is 0.494. The van der Waals surface area contributed by atoms with Crippen LogP contribution >= 0.6 is 11.6 Å². The van der Waals surface area contributed by atoms with Gasteiger partial charge in [0, 0.05) is 28.3 Å². The molecule has 19 heavy (non-hydrogen) atoms. The van der Waals surface area contributed by atoms with Gasteiger partial charge in [-0.2, -0.15) is 0 Å². The van der Waals surface area contributed by atoms with Gasteiger partial charge in [0.2, 0.25) is 5.91 Å². The van der Waals surface area contributed by atoms with Crippen LogP contribution < -0.4 is 10.9 Å². The fourth-order valence-electron chi connectivity index (χ4n) is 1.54. The van der Waals surface area contributed by atoms with Crippen molar-refractivity contribution >= 4 is 23.3 Å². The van der Waals surface area contributed by atoms with E-state index in [0.717, 1.165) is 12.8 Å². The van der Waals surface area contributed by atoms with E-state index in [1.807, 2.05) is 0 Å². The van der Waals surface area contributed by atoms with Gasteiger partial charge in [-0.05, 0) is 44.0 Å². The highest BCUT2D eigenvalue weighted by molar-refractivity contribution is 6.30. The Morgan fingerprint density at radius 2 is 1.84 bits per heavy atom. The monoisotopic (exact) mass is 278 g/mol. The molecule has 1 aliphatic carbocycles. The molecule has 2 rings (SSSR count). The second-order valence-electron chi connectivity index (χ2n) is 4.59. The lowest BCUT2D eigenvalue weighted by molar-refractivity contribution is -0.123. The first-order chi connectivity index (χ1) is 9.06. The highest BCUT2D eigenvalue weighted by Gasteiger charge is 2.29. The number of rotatable bonds is 5. The maximum absolute atomic E-state index is 11.9. The minimum absolute atomic E-state index is 0.0216. The number of carbonyl (C=O) groups is 2. The van der Waals surface area contributed by atoms with E-state index in [4.69, 9.17) is 11.6 Å². The van der Waals surface area contributed by atoms with Gasteiger partial charge >= 0.3 is 0 Å². The predicted octanol–water partition coefficient (Wildman–Crippen LogP) is 2.46. The van der Waals surface area contributed by atoms with Gasteiger partial charge in [0.25, 0.3) is 0 Å². The molecule has 1 saturated carbocycles. The summed E-state index contributed by atoms with van der Waals surface area (Å²) in [6.07, 6.45) is 3.33. The van der Waals surface area contributed by atoms with Crippen molar-refractivity contribution in [2.75, 3.05) is 0 Å². The third-order valence-corrected chi connectivity index (χ3v) is 3.06. The minimum atomic E-state index is -0.137. The van der Waals surface area contributed by atoms with Crippen LogP contribution in [0.25, 0.3) is 0 Å². The SMILES string of the molecule is C/C(=C/C(=O)c1ccc(Cl)cc1)NNC(=O)C1CC1. The number of ketones is 1. The van der Waals surface area contributed by atoms with Crippen LogP contribution in [0.4, 0.5) is 0 Å². The molecule has 0 aromatic heterocycles. The summed E-state index contributed by atoms with van der Waals surface area (Å²) in [5.74, 6) is -0.0266. The molecule has 0 radical (unpaired) electrons. The number of hydrazine groups is 1. The zero-order valence-electron chi connectivity index (χ0n) is 10.6. The smallest absolute Gasteiger partial charge is 0.241 e. The molecular formula is C14H15ClN2O2. The first kappa shape index (κ1) is 13.6. The summed E-state index contributed by atoms with van der Waals surface area (Å²) in [7, 11) is 0. The van der Waals surface area contributed by atoms with Crippen LogP contribution in [0.3, 0.4) is 0 Å². The Bertz CT molecular complexity index is 519. The number of amides is 1. The van der Waals surface area contributed by atoms with Crippen molar-refractivity contribution in [3.8, 4) is 0 Å². The zero-order valence-corrected chi connectivity index (χ0v) is 11.3. The maximum Gasteiger partial charge on any atom is 0.241 e. The van der Waals surface area contributed by atoms with E-state index in [2.05, 4.69) is 10.9 Å². The number of allylic oxidation sites excluding steroid dienone is 2. The van der Waals surface area contributed by atoms with Gasteiger partial charge in [-0.15, -0.1) is 0 Å². The molecule has 4 nitrogen and oxygen atoms in total. The lowest BCUT2D eigenvalue weighted by Gasteiger charge is -2.07. The number of benzene rings is 1. The second kappa shape index (κ2) is 5.89. The summed E-state index contributed by atoms with van der Waals surface area (Å²) >= 11 is 5.76. The van der Waals surface area contributed by atoms with E-state index < -0.39 is 0 Å². The van der Waals surface area contributed by atoms with Gasteiger partial charge in [0.1, 0.15) is 0 Å². The summed E-state index contributed by atoms with van der Waals surface area (Å²) in [4.78, 5) is 23.3. The largest absolute Gasteiger partial charge is 0.303 e. The van der Waals surface area contributed by atoms with E-state index >= 15 is 0 Å². The van der Waals surface area contributed by atoms with Gasteiger partial charge in [-0.25, -0.2) is 0 Å². The van der Waals surface area contributed by atoms with E-state index in [-0.39, 0.29) is 17.6 Å². The van der Waals surface area contributed by atoms with Crippen LogP contribution in [-0.4, -0.2) is 11.7 Å². The van der Waals surface area contributed by atoms with Crippen molar-refractivity contribution in [3.63, 3.8) is 0 Å². The van der Waals surface area contributed by atoms with Crippen molar-refractivity contribution in [1.29, 1.82) is 0 Å². The minimum Gasteiger partial charge on any atom is -0.303 e. The van der Waals surface area contributed by atoms with E-state index in [1.54, 1.807) is 31.2 Å². The fourth-order valence-corrected chi connectivity index (χ4v) is 1.66. The number of hydrogen-bond donors (Lipinski definition) is 2. The third kappa shape index (κ3) is 4.10. The summed E-state index contributed by atoms with van der Waals surface area (Å²) in [5, 5.41) is 0.590. The second-order valence-corrected chi connectivity index (χ2v) is 5.02.